The highest BCUT2D eigenvalue weighted by Crippen LogP contribution is 2.37. The van der Waals surface area contributed by atoms with Gasteiger partial charge < -0.3 is 19.5 Å². The number of carbonyl (C=O) groups is 1. The number of amides is 1. The molecule has 1 amide bonds. The van der Waals surface area contributed by atoms with Gasteiger partial charge in [0.05, 0.1) is 24.3 Å². The Kier molecular flexibility index (Phi) is 8.15. The maximum atomic E-state index is 12.6. The number of nitrogens with zero attached hydrogens (tertiary/aromatic N) is 1. The summed E-state index contributed by atoms with van der Waals surface area (Å²) in [6.07, 6.45) is 1.81. The van der Waals surface area contributed by atoms with E-state index in [9.17, 15) is 4.79 Å². The quantitative estimate of drug-likeness (QED) is 0.317. The third-order valence-electron chi connectivity index (χ3n) is 5.08. The Hall–Kier alpha value is -3.23. The van der Waals surface area contributed by atoms with Crippen molar-refractivity contribution in [2.24, 2.45) is 4.99 Å². The number of aliphatic imine (C=N–C) groups is 1. The van der Waals surface area contributed by atoms with E-state index < -0.39 is 0 Å². The highest BCUT2D eigenvalue weighted by Gasteiger charge is 2.24. The zero-order chi connectivity index (χ0) is 24.8. The number of thioether (sulfide) groups is 1. The van der Waals surface area contributed by atoms with Crippen molar-refractivity contribution < 1.29 is 19.0 Å². The molecule has 35 heavy (non-hydrogen) atoms. The second kappa shape index (κ2) is 11.5. The van der Waals surface area contributed by atoms with Gasteiger partial charge in [0.25, 0.3) is 5.91 Å². The first kappa shape index (κ1) is 24.9. The molecule has 1 aliphatic rings. The first-order chi connectivity index (χ1) is 16.9. The number of hydrogen-bond acceptors (Lipinski definition) is 6. The summed E-state index contributed by atoms with van der Waals surface area (Å²) in [5.74, 6) is 1.80. The van der Waals surface area contributed by atoms with Crippen LogP contribution in [0.25, 0.3) is 6.08 Å². The Labute approximate surface area is 217 Å². The van der Waals surface area contributed by atoms with Gasteiger partial charge in [0, 0.05) is 4.47 Å². The lowest BCUT2D eigenvalue weighted by atomic mass is 10.1. The van der Waals surface area contributed by atoms with E-state index in [1.54, 1.807) is 7.11 Å². The predicted octanol–water partition coefficient (Wildman–Crippen LogP) is 6.64. The maximum Gasteiger partial charge on any atom is 0.264 e. The Bertz CT molecular complexity index is 1290. The van der Waals surface area contributed by atoms with Crippen molar-refractivity contribution in [1.82, 2.24) is 5.32 Å². The minimum atomic E-state index is -0.202. The second-order valence-electron chi connectivity index (χ2n) is 7.71. The topological polar surface area (TPSA) is 69.2 Å². The molecule has 3 aromatic rings. The monoisotopic (exact) mass is 552 g/mol. The van der Waals surface area contributed by atoms with E-state index in [1.165, 1.54) is 17.3 Å². The van der Waals surface area contributed by atoms with E-state index in [4.69, 9.17) is 14.2 Å². The van der Waals surface area contributed by atoms with Crippen molar-refractivity contribution in [2.45, 2.75) is 20.5 Å². The number of amidine groups is 1. The number of ether oxygens (including phenoxy) is 3. The Morgan fingerprint density at radius 3 is 2.54 bits per heavy atom. The molecule has 0 bridgehead atoms. The number of halogens is 1. The van der Waals surface area contributed by atoms with Crippen LogP contribution in [0.5, 0.6) is 17.2 Å². The summed E-state index contributed by atoms with van der Waals surface area (Å²) in [6, 6.07) is 19.3. The molecule has 1 aliphatic heterocycles. The van der Waals surface area contributed by atoms with Crippen LogP contribution < -0.4 is 19.5 Å². The average Bonchev–Trinajstić information content (AvgIpc) is 3.19. The second-order valence-corrected chi connectivity index (χ2v) is 9.60. The number of benzene rings is 3. The molecule has 4 rings (SSSR count). The fourth-order valence-corrected chi connectivity index (χ4v) is 4.67. The van der Waals surface area contributed by atoms with Crippen LogP contribution in [0.4, 0.5) is 5.69 Å². The molecule has 0 aliphatic carbocycles. The summed E-state index contributed by atoms with van der Waals surface area (Å²) >= 11 is 4.90. The summed E-state index contributed by atoms with van der Waals surface area (Å²) in [4.78, 5) is 17.6. The van der Waals surface area contributed by atoms with Crippen LogP contribution in [0.15, 0.2) is 75.0 Å². The number of nitrogens with one attached hydrogen (secondary N) is 1. The molecule has 1 fully saturated rings. The van der Waals surface area contributed by atoms with Crippen molar-refractivity contribution in [3.63, 3.8) is 0 Å². The number of rotatable bonds is 8. The van der Waals surface area contributed by atoms with Crippen LogP contribution in [0.2, 0.25) is 0 Å². The van der Waals surface area contributed by atoms with Crippen LogP contribution in [0, 0.1) is 6.92 Å². The van der Waals surface area contributed by atoms with Crippen LogP contribution in [0.3, 0.4) is 0 Å². The van der Waals surface area contributed by atoms with E-state index >= 15 is 0 Å². The Morgan fingerprint density at radius 1 is 1.06 bits per heavy atom. The molecule has 1 N–H and O–H groups in total. The van der Waals surface area contributed by atoms with E-state index in [0.29, 0.717) is 34.8 Å². The molecule has 0 saturated carbocycles. The van der Waals surface area contributed by atoms with Crippen molar-refractivity contribution >= 4 is 50.5 Å². The molecule has 0 aromatic heterocycles. The van der Waals surface area contributed by atoms with Gasteiger partial charge in [0.1, 0.15) is 12.4 Å². The zero-order valence-corrected chi connectivity index (χ0v) is 22.0. The average molecular weight is 553 g/mol. The van der Waals surface area contributed by atoms with Crippen LogP contribution in [-0.2, 0) is 11.4 Å². The number of methoxy groups -OCH3 is 1. The van der Waals surface area contributed by atoms with Gasteiger partial charge in [0.2, 0.25) is 0 Å². The van der Waals surface area contributed by atoms with Gasteiger partial charge in [-0.25, -0.2) is 4.99 Å². The van der Waals surface area contributed by atoms with Gasteiger partial charge >= 0.3 is 0 Å². The van der Waals surface area contributed by atoms with E-state index in [0.717, 1.165) is 27.0 Å². The van der Waals surface area contributed by atoms with Gasteiger partial charge in [-0.15, -0.1) is 0 Å². The Balaban J connectivity index is 1.54. The largest absolute Gasteiger partial charge is 0.497 e. The van der Waals surface area contributed by atoms with Crippen LogP contribution in [-0.4, -0.2) is 24.8 Å². The summed E-state index contributed by atoms with van der Waals surface area (Å²) in [7, 11) is 1.61. The van der Waals surface area contributed by atoms with Crippen molar-refractivity contribution in [3.05, 3.63) is 86.7 Å². The minimum absolute atomic E-state index is 0.202. The van der Waals surface area contributed by atoms with Crippen molar-refractivity contribution in [1.29, 1.82) is 0 Å². The van der Waals surface area contributed by atoms with Gasteiger partial charge in [-0.3, -0.25) is 4.79 Å². The summed E-state index contributed by atoms with van der Waals surface area (Å²) in [5, 5.41) is 3.34. The van der Waals surface area contributed by atoms with Gasteiger partial charge in [-0.1, -0.05) is 45.8 Å². The molecule has 180 valence electrons. The van der Waals surface area contributed by atoms with E-state index in [1.807, 2.05) is 61.5 Å². The summed E-state index contributed by atoms with van der Waals surface area (Å²) in [5.41, 5.74) is 3.79. The lowest BCUT2D eigenvalue weighted by Crippen LogP contribution is -2.19. The van der Waals surface area contributed by atoms with Gasteiger partial charge in [-0.05, 0) is 79.2 Å². The normalized spacial score (nSPS) is 15.4. The molecule has 3 aromatic carbocycles. The molecular weight excluding hydrogens is 528 g/mol. The highest BCUT2D eigenvalue weighted by molar-refractivity contribution is 9.10. The molecule has 0 radical (unpaired) electrons. The van der Waals surface area contributed by atoms with Gasteiger partial charge in [0.15, 0.2) is 16.7 Å². The molecule has 1 heterocycles. The first-order valence-electron chi connectivity index (χ1n) is 11.0. The maximum absolute atomic E-state index is 12.6. The van der Waals surface area contributed by atoms with Crippen molar-refractivity contribution in [2.75, 3.05) is 13.7 Å². The molecule has 8 heteroatoms. The fourth-order valence-electron chi connectivity index (χ4n) is 3.40. The summed E-state index contributed by atoms with van der Waals surface area (Å²) < 4.78 is 17.9. The third kappa shape index (κ3) is 6.46. The van der Waals surface area contributed by atoms with Crippen LogP contribution in [0.1, 0.15) is 23.6 Å². The number of hydrogen-bond donors (Lipinski definition) is 1. The molecular formula is C27H25BrN2O4S. The number of carbonyl (C=O) groups excluding carboxylic acids is 1. The molecule has 6 nitrogen and oxygen atoms in total. The fraction of sp³-hybridized carbons (Fsp3) is 0.185. The lowest BCUT2D eigenvalue weighted by Gasteiger charge is -2.14. The SMILES string of the molecule is CCOc1cc(/C=C2/SC(=Nc3ccc(OC)cc3)NC2=O)c(Br)cc1OCc1cccc(C)c1. The Morgan fingerprint density at radius 2 is 1.83 bits per heavy atom. The standard InChI is InChI=1S/C27H25BrN2O4S/c1-4-33-23-13-19(22(28)15-24(23)34-16-18-7-5-6-17(2)12-18)14-25-26(31)30-27(35-25)29-20-8-10-21(32-3)11-9-20/h5-15H,4,16H2,1-3H3,(H,29,30,31)/b25-14+. The highest BCUT2D eigenvalue weighted by atomic mass is 79.9. The number of aryl methyl sites for hydroxylation is 1. The van der Waals surface area contributed by atoms with Crippen molar-refractivity contribution in [3.8, 4) is 17.2 Å². The molecule has 0 unspecified atom stereocenters. The first-order valence-corrected chi connectivity index (χ1v) is 12.6. The van der Waals surface area contributed by atoms with E-state index in [-0.39, 0.29) is 5.91 Å². The summed E-state index contributed by atoms with van der Waals surface area (Å²) in [6.45, 7) is 4.90. The smallest absolute Gasteiger partial charge is 0.264 e. The molecule has 0 atom stereocenters. The zero-order valence-electron chi connectivity index (χ0n) is 19.6. The molecule has 0 spiro atoms. The van der Waals surface area contributed by atoms with Crippen LogP contribution >= 0.6 is 27.7 Å². The van der Waals surface area contributed by atoms with Gasteiger partial charge in [-0.2, -0.15) is 0 Å². The molecule has 1 saturated heterocycles. The lowest BCUT2D eigenvalue weighted by molar-refractivity contribution is -0.115. The third-order valence-corrected chi connectivity index (χ3v) is 6.68. The minimum Gasteiger partial charge on any atom is -0.497 e. The van der Waals surface area contributed by atoms with E-state index in [2.05, 4.69) is 45.3 Å². The predicted molar refractivity (Wildman–Crippen MR) is 145 cm³/mol.